The lowest BCUT2D eigenvalue weighted by atomic mass is 10.3. The van der Waals surface area contributed by atoms with Crippen LogP contribution in [-0.2, 0) is 9.59 Å². The summed E-state index contributed by atoms with van der Waals surface area (Å²) in [4.78, 5) is 22.6. The molecule has 13 heavy (non-hydrogen) atoms. The topological polar surface area (TPSA) is 77.8 Å². The number of aliphatic hydroxyl groups excluding tert-OH is 1. The van der Waals surface area contributed by atoms with Gasteiger partial charge < -0.3 is 15.1 Å². The molecule has 0 aromatic heterocycles. The second-order valence-corrected chi connectivity index (χ2v) is 3.69. The van der Waals surface area contributed by atoms with Crippen LogP contribution in [0.25, 0.3) is 0 Å². The molecule has 1 aliphatic carbocycles. The van der Waals surface area contributed by atoms with Gasteiger partial charge in [0.05, 0.1) is 0 Å². The van der Waals surface area contributed by atoms with Gasteiger partial charge in [0.1, 0.15) is 0 Å². The molecule has 1 saturated carbocycles. The fourth-order valence-corrected chi connectivity index (χ4v) is 2.22. The van der Waals surface area contributed by atoms with E-state index >= 15 is 0 Å². The first-order valence-corrected chi connectivity index (χ1v) is 4.28. The van der Waals surface area contributed by atoms with Gasteiger partial charge in [-0.25, -0.2) is 4.79 Å². The van der Waals surface area contributed by atoms with E-state index in [1.165, 1.54) is 4.90 Å². The number of nitrogens with zero attached hydrogens (tertiary/aromatic N) is 1. The van der Waals surface area contributed by atoms with Crippen LogP contribution in [0.2, 0.25) is 0 Å². The molecule has 1 heterocycles. The van der Waals surface area contributed by atoms with Crippen LogP contribution < -0.4 is 0 Å². The predicted octanol–water partition coefficient (Wildman–Crippen LogP) is -1.23. The maximum Gasteiger partial charge on any atom is 0.394 e. The number of likely N-dealkylation sites (tertiary alicyclic amines) is 1. The molecule has 1 amide bonds. The van der Waals surface area contributed by atoms with Crippen molar-refractivity contribution in [3.63, 3.8) is 0 Å². The molecule has 1 saturated heterocycles. The number of aliphatic hydroxyl groups is 1. The minimum absolute atomic E-state index is 0.157. The monoisotopic (exact) mass is 185 g/mol. The molecule has 1 aliphatic heterocycles. The van der Waals surface area contributed by atoms with Gasteiger partial charge >= 0.3 is 11.9 Å². The summed E-state index contributed by atoms with van der Waals surface area (Å²) in [5.41, 5.74) is 0. The number of amides is 1. The molecule has 0 aromatic rings. The van der Waals surface area contributed by atoms with Crippen molar-refractivity contribution in [1.29, 1.82) is 0 Å². The van der Waals surface area contributed by atoms with Gasteiger partial charge in [-0.3, -0.25) is 4.79 Å². The lowest BCUT2D eigenvalue weighted by Crippen LogP contribution is -2.36. The van der Waals surface area contributed by atoms with E-state index < -0.39 is 11.9 Å². The van der Waals surface area contributed by atoms with Crippen LogP contribution in [0.3, 0.4) is 0 Å². The molecule has 2 rings (SSSR count). The molecule has 0 spiro atoms. The van der Waals surface area contributed by atoms with E-state index in [9.17, 15) is 9.59 Å². The number of rotatable bonds is 1. The largest absolute Gasteiger partial charge is 0.474 e. The van der Waals surface area contributed by atoms with E-state index in [4.69, 9.17) is 10.2 Å². The molecular formula is C8H11NO4. The third-order valence-electron chi connectivity index (χ3n) is 3.05. The number of piperidine rings is 1. The second-order valence-electron chi connectivity index (χ2n) is 3.69. The fourth-order valence-electron chi connectivity index (χ4n) is 2.22. The molecule has 3 atom stereocenters. The average molecular weight is 185 g/mol. The lowest BCUT2D eigenvalue weighted by molar-refractivity contribution is -0.155. The number of carbonyl (C=O) groups is 2. The highest BCUT2D eigenvalue weighted by Crippen LogP contribution is 2.51. The van der Waals surface area contributed by atoms with Gasteiger partial charge in [0, 0.05) is 19.7 Å². The molecule has 2 fully saturated rings. The molecule has 2 aliphatic rings. The van der Waals surface area contributed by atoms with E-state index in [1.54, 1.807) is 0 Å². The van der Waals surface area contributed by atoms with E-state index in [-0.39, 0.29) is 6.61 Å². The zero-order valence-electron chi connectivity index (χ0n) is 7.01. The first kappa shape index (κ1) is 8.50. The van der Waals surface area contributed by atoms with Crippen molar-refractivity contribution in [1.82, 2.24) is 4.90 Å². The van der Waals surface area contributed by atoms with Gasteiger partial charge in [-0.05, 0) is 17.8 Å². The molecule has 0 bridgehead atoms. The predicted molar refractivity (Wildman–Crippen MR) is 41.8 cm³/mol. The van der Waals surface area contributed by atoms with Crippen LogP contribution >= 0.6 is 0 Å². The third kappa shape index (κ3) is 1.19. The van der Waals surface area contributed by atoms with Gasteiger partial charge in [0.15, 0.2) is 0 Å². The number of fused-ring (bicyclic) bond motifs is 1. The molecular weight excluding hydrogens is 174 g/mol. The Morgan fingerprint density at radius 2 is 1.85 bits per heavy atom. The van der Waals surface area contributed by atoms with Crippen LogP contribution in [0.1, 0.15) is 0 Å². The Labute approximate surface area is 75.0 Å². The molecule has 0 aromatic carbocycles. The molecule has 5 heteroatoms. The zero-order chi connectivity index (χ0) is 9.59. The number of aliphatic carboxylic acids is 1. The van der Waals surface area contributed by atoms with Gasteiger partial charge in [0.2, 0.25) is 0 Å². The van der Waals surface area contributed by atoms with Gasteiger partial charge in [-0.1, -0.05) is 0 Å². The molecule has 1 unspecified atom stereocenters. The highest BCUT2D eigenvalue weighted by Gasteiger charge is 2.56. The summed E-state index contributed by atoms with van der Waals surface area (Å²) in [6.07, 6.45) is 0. The smallest absolute Gasteiger partial charge is 0.394 e. The summed E-state index contributed by atoms with van der Waals surface area (Å²) in [5, 5.41) is 17.3. The Morgan fingerprint density at radius 3 is 2.23 bits per heavy atom. The average Bonchev–Trinajstić information content (AvgIpc) is 2.56. The molecule has 2 N–H and O–H groups in total. The van der Waals surface area contributed by atoms with Gasteiger partial charge in [0.25, 0.3) is 0 Å². The summed E-state index contributed by atoms with van der Waals surface area (Å²) in [5.74, 6) is -1.22. The minimum atomic E-state index is -1.39. The van der Waals surface area contributed by atoms with E-state index in [2.05, 4.69) is 0 Å². The van der Waals surface area contributed by atoms with Crippen LogP contribution in [0.15, 0.2) is 0 Å². The Bertz CT molecular complexity index is 253. The van der Waals surface area contributed by atoms with Gasteiger partial charge in [-0.2, -0.15) is 0 Å². The Morgan fingerprint density at radius 1 is 1.31 bits per heavy atom. The van der Waals surface area contributed by atoms with Crippen LogP contribution in [-0.4, -0.2) is 46.7 Å². The van der Waals surface area contributed by atoms with Crippen LogP contribution in [0.5, 0.6) is 0 Å². The number of carboxylic acids is 1. The second kappa shape index (κ2) is 2.70. The van der Waals surface area contributed by atoms with Crippen LogP contribution in [0.4, 0.5) is 0 Å². The van der Waals surface area contributed by atoms with E-state index in [0.717, 1.165) is 0 Å². The first-order valence-electron chi connectivity index (χ1n) is 4.28. The molecule has 72 valence electrons. The van der Waals surface area contributed by atoms with Crippen molar-refractivity contribution in [3.05, 3.63) is 0 Å². The summed E-state index contributed by atoms with van der Waals surface area (Å²) in [6.45, 7) is 1.16. The molecule has 0 radical (unpaired) electrons. The van der Waals surface area contributed by atoms with Crippen molar-refractivity contribution in [3.8, 4) is 0 Å². The van der Waals surface area contributed by atoms with Crippen molar-refractivity contribution in [2.75, 3.05) is 19.7 Å². The highest BCUT2D eigenvalue weighted by atomic mass is 16.4. The number of carboxylic acid groups (broad SMARTS) is 1. The Kier molecular flexibility index (Phi) is 1.76. The minimum Gasteiger partial charge on any atom is -0.474 e. The fraction of sp³-hybridized carbons (Fsp3) is 0.750. The van der Waals surface area contributed by atoms with Crippen molar-refractivity contribution in [2.45, 2.75) is 0 Å². The van der Waals surface area contributed by atoms with Crippen molar-refractivity contribution < 1.29 is 19.8 Å². The molecule has 5 nitrogen and oxygen atoms in total. The SMILES string of the molecule is O=C(O)C(=O)N1C[C@@H]2C(CO)[C@@H]2C1. The summed E-state index contributed by atoms with van der Waals surface area (Å²) in [6, 6.07) is 0. The first-order chi connectivity index (χ1) is 6.15. The lowest BCUT2D eigenvalue weighted by Gasteiger charge is -2.16. The van der Waals surface area contributed by atoms with Crippen molar-refractivity contribution in [2.24, 2.45) is 17.8 Å². The Balaban J connectivity index is 1.90. The van der Waals surface area contributed by atoms with Crippen molar-refractivity contribution >= 4 is 11.9 Å². The Hall–Kier alpha value is -1.10. The number of carbonyl (C=O) groups excluding carboxylic acids is 1. The maximum atomic E-state index is 11.0. The highest BCUT2D eigenvalue weighted by molar-refractivity contribution is 6.31. The van der Waals surface area contributed by atoms with E-state index in [1.807, 2.05) is 0 Å². The maximum absolute atomic E-state index is 11.0. The number of hydrogen-bond donors (Lipinski definition) is 2. The quantitative estimate of drug-likeness (QED) is 0.501. The number of hydrogen-bond acceptors (Lipinski definition) is 3. The van der Waals surface area contributed by atoms with Gasteiger partial charge in [-0.15, -0.1) is 0 Å². The van der Waals surface area contributed by atoms with Crippen LogP contribution in [0, 0.1) is 17.8 Å². The normalized spacial score (nSPS) is 35.8. The zero-order valence-corrected chi connectivity index (χ0v) is 7.01. The third-order valence-corrected chi connectivity index (χ3v) is 3.05. The summed E-state index contributed by atoms with van der Waals surface area (Å²) < 4.78 is 0. The van der Waals surface area contributed by atoms with E-state index in [0.29, 0.717) is 30.8 Å². The standard InChI is InChI=1S/C8H11NO4/c10-3-6-4-1-9(2-5(4)6)7(11)8(12)13/h4-6,10H,1-3H2,(H,12,13)/t4-,5+,6?. The summed E-state index contributed by atoms with van der Waals surface area (Å²) >= 11 is 0. The summed E-state index contributed by atoms with van der Waals surface area (Å²) in [7, 11) is 0.